The van der Waals surface area contributed by atoms with Crippen molar-refractivity contribution in [3.8, 4) is 0 Å². The number of sulfonamides is 1. The Morgan fingerprint density at radius 1 is 1.48 bits per heavy atom. The fourth-order valence-corrected chi connectivity index (χ4v) is 4.31. The van der Waals surface area contributed by atoms with Crippen molar-refractivity contribution >= 4 is 26.0 Å². The number of rotatable bonds is 6. The third-order valence-electron chi connectivity index (χ3n) is 3.36. The predicted molar refractivity (Wildman–Crippen MR) is 78.8 cm³/mol. The molecular formula is C13H17BrFNO4S. The summed E-state index contributed by atoms with van der Waals surface area (Å²) in [7, 11) is -3.97. The summed E-state index contributed by atoms with van der Waals surface area (Å²) >= 11 is 3.12. The van der Waals surface area contributed by atoms with Crippen molar-refractivity contribution in [3.63, 3.8) is 0 Å². The van der Waals surface area contributed by atoms with E-state index in [0.29, 0.717) is 23.9 Å². The Balaban J connectivity index is 2.15. The van der Waals surface area contributed by atoms with Crippen LogP contribution in [0.15, 0.2) is 21.5 Å². The number of hydrogen-bond acceptors (Lipinski definition) is 4. The van der Waals surface area contributed by atoms with Gasteiger partial charge in [0, 0.05) is 22.7 Å². The van der Waals surface area contributed by atoms with Gasteiger partial charge in [-0.3, -0.25) is 0 Å². The van der Waals surface area contributed by atoms with Crippen LogP contribution in [0.5, 0.6) is 0 Å². The molecule has 1 aliphatic carbocycles. The van der Waals surface area contributed by atoms with Gasteiger partial charge in [0.15, 0.2) is 0 Å². The molecule has 0 aromatic heterocycles. The minimum Gasteiger partial charge on any atom is -0.392 e. The molecule has 0 aliphatic heterocycles. The van der Waals surface area contributed by atoms with Gasteiger partial charge in [-0.1, -0.05) is 15.9 Å². The van der Waals surface area contributed by atoms with Crippen LogP contribution in [-0.2, 0) is 21.4 Å². The molecule has 5 nitrogen and oxygen atoms in total. The van der Waals surface area contributed by atoms with Crippen molar-refractivity contribution in [2.24, 2.45) is 0 Å². The molecule has 0 bridgehead atoms. The lowest BCUT2D eigenvalue weighted by atomic mass is 9.90. The number of aliphatic hydroxyl groups excluding tert-OH is 1. The van der Waals surface area contributed by atoms with Gasteiger partial charge in [-0.2, -0.15) is 0 Å². The standard InChI is InChI=1S/C13H17BrFNO4S/c1-2-20-11-5-10(6-11)16-21(18,19)12-4-9(14)3-8(7-17)13(12)15/h3-4,10-11,16-17H,2,5-7H2,1H3. The summed E-state index contributed by atoms with van der Waals surface area (Å²) in [6.07, 6.45) is 1.22. The largest absolute Gasteiger partial charge is 0.392 e. The normalized spacial score (nSPS) is 22.1. The lowest BCUT2D eigenvalue weighted by Crippen LogP contribution is -2.47. The number of halogens is 2. The smallest absolute Gasteiger partial charge is 0.243 e. The van der Waals surface area contributed by atoms with Gasteiger partial charge in [0.25, 0.3) is 0 Å². The van der Waals surface area contributed by atoms with Crippen LogP contribution in [0, 0.1) is 5.82 Å². The summed E-state index contributed by atoms with van der Waals surface area (Å²) in [5.41, 5.74) is -0.0643. The molecule has 1 aromatic rings. The maximum absolute atomic E-state index is 14.1. The van der Waals surface area contributed by atoms with Crippen LogP contribution < -0.4 is 4.72 Å². The van der Waals surface area contributed by atoms with Gasteiger partial charge in [-0.15, -0.1) is 0 Å². The highest BCUT2D eigenvalue weighted by atomic mass is 79.9. The Morgan fingerprint density at radius 3 is 2.71 bits per heavy atom. The molecule has 21 heavy (non-hydrogen) atoms. The molecule has 0 amide bonds. The van der Waals surface area contributed by atoms with Gasteiger partial charge in [-0.05, 0) is 31.9 Å². The summed E-state index contributed by atoms with van der Waals surface area (Å²) in [4.78, 5) is -0.458. The van der Waals surface area contributed by atoms with Crippen LogP contribution in [0.4, 0.5) is 4.39 Å². The SMILES string of the molecule is CCOC1CC(NS(=O)(=O)c2cc(Br)cc(CO)c2F)C1. The number of hydrogen-bond donors (Lipinski definition) is 2. The van der Waals surface area contributed by atoms with E-state index in [4.69, 9.17) is 9.84 Å². The average Bonchev–Trinajstić information content (AvgIpc) is 2.38. The fourth-order valence-electron chi connectivity index (χ4n) is 2.25. The molecule has 1 fully saturated rings. The first-order valence-electron chi connectivity index (χ1n) is 6.60. The Hall–Kier alpha value is -0.540. The van der Waals surface area contributed by atoms with Gasteiger partial charge >= 0.3 is 0 Å². The number of ether oxygens (including phenoxy) is 1. The Labute approximate surface area is 131 Å². The first kappa shape index (κ1) is 16.8. The Kier molecular flexibility index (Phi) is 5.37. The second-order valence-corrected chi connectivity index (χ2v) is 7.50. The van der Waals surface area contributed by atoms with Crippen LogP contribution in [0.3, 0.4) is 0 Å². The Morgan fingerprint density at radius 2 is 2.14 bits per heavy atom. The van der Waals surface area contributed by atoms with E-state index in [9.17, 15) is 12.8 Å². The van der Waals surface area contributed by atoms with E-state index in [1.165, 1.54) is 12.1 Å². The van der Waals surface area contributed by atoms with E-state index in [2.05, 4.69) is 20.7 Å². The lowest BCUT2D eigenvalue weighted by molar-refractivity contribution is -0.00476. The van der Waals surface area contributed by atoms with Crippen LogP contribution in [-0.4, -0.2) is 32.3 Å². The minimum atomic E-state index is -3.97. The zero-order chi connectivity index (χ0) is 15.6. The molecular weight excluding hydrogens is 365 g/mol. The molecule has 0 spiro atoms. The minimum absolute atomic E-state index is 0.0584. The maximum atomic E-state index is 14.1. The molecule has 1 aromatic carbocycles. The van der Waals surface area contributed by atoms with Crippen molar-refractivity contribution in [2.75, 3.05) is 6.61 Å². The van der Waals surface area contributed by atoms with Gasteiger partial charge in [0.1, 0.15) is 10.7 Å². The predicted octanol–water partition coefficient (Wildman–Crippen LogP) is 1.93. The van der Waals surface area contributed by atoms with Gasteiger partial charge < -0.3 is 9.84 Å². The van der Waals surface area contributed by atoms with Crippen LogP contribution in [0.1, 0.15) is 25.3 Å². The van der Waals surface area contributed by atoms with E-state index in [1.54, 1.807) is 0 Å². The first-order chi connectivity index (χ1) is 9.87. The highest BCUT2D eigenvalue weighted by Gasteiger charge is 2.34. The molecule has 2 rings (SSSR count). The molecule has 0 radical (unpaired) electrons. The summed E-state index contributed by atoms with van der Waals surface area (Å²) in [6.45, 7) is 1.90. The Bertz CT molecular complexity index is 617. The maximum Gasteiger partial charge on any atom is 0.243 e. The molecule has 118 valence electrons. The molecule has 2 N–H and O–H groups in total. The van der Waals surface area contributed by atoms with Crippen molar-refractivity contribution in [3.05, 3.63) is 28.0 Å². The first-order valence-corrected chi connectivity index (χ1v) is 8.87. The number of nitrogens with one attached hydrogen (secondary N) is 1. The van der Waals surface area contributed by atoms with E-state index >= 15 is 0 Å². The molecule has 0 atom stereocenters. The topological polar surface area (TPSA) is 75.6 Å². The second kappa shape index (κ2) is 6.70. The molecule has 0 unspecified atom stereocenters. The van der Waals surface area contributed by atoms with Crippen molar-refractivity contribution < 1.29 is 22.7 Å². The zero-order valence-corrected chi connectivity index (χ0v) is 13.9. The van der Waals surface area contributed by atoms with Crippen molar-refractivity contribution in [1.29, 1.82) is 0 Å². The highest BCUT2D eigenvalue weighted by molar-refractivity contribution is 9.10. The van der Waals surface area contributed by atoms with Gasteiger partial charge in [0.2, 0.25) is 10.0 Å². The molecule has 0 saturated heterocycles. The zero-order valence-electron chi connectivity index (χ0n) is 11.5. The quantitative estimate of drug-likeness (QED) is 0.789. The van der Waals surface area contributed by atoms with Crippen molar-refractivity contribution in [2.45, 2.75) is 43.4 Å². The van der Waals surface area contributed by atoms with Gasteiger partial charge in [0.05, 0.1) is 12.7 Å². The molecule has 1 saturated carbocycles. The summed E-state index contributed by atoms with van der Waals surface area (Å²) in [6, 6.07) is 2.29. The fraction of sp³-hybridized carbons (Fsp3) is 0.538. The molecule has 1 aliphatic rings. The van der Waals surface area contributed by atoms with Crippen LogP contribution in [0.25, 0.3) is 0 Å². The van der Waals surface area contributed by atoms with E-state index in [1.807, 2.05) is 6.92 Å². The van der Waals surface area contributed by atoms with E-state index in [0.717, 1.165) is 0 Å². The van der Waals surface area contributed by atoms with E-state index < -0.39 is 27.3 Å². The summed E-state index contributed by atoms with van der Waals surface area (Å²) in [5.74, 6) is -0.922. The highest BCUT2D eigenvalue weighted by Crippen LogP contribution is 2.28. The van der Waals surface area contributed by atoms with Crippen LogP contribution >= 0.6 is 15.9 Å². The third kappa shape index (κ3) is 3.81. The van der Waals surface area contributed by atoms with Gasteiger partial charge in [-0.25, -0.2) is 17.5 Å². The summed E-state index contributed by atoms with van der Waals surface area (Å²) < 4.78 is 46.8. The van der Waals surface area contributed by atoms with E-state index in [-0.39, 0.29) is 17.7 Å². The average molecular weight is 382 g/mol. The lowest BCUT2D eigenvalue weighted by Gasteiger charge is -2.35. The number of aliphatic hydroxyl groups is 1. The second-order valence-electron chi connectivity index (χ2n) is 4.90. The molecule has 8 heteroatoms. The molecule has 0 heterocycles. The third-order valence-corrected chi connectivity index (χ3v) is 5.34. The monoisotopic (exact) mass is 381 g/mol. The summed E-state index contributed by atoms with van der Waals surface area (Å²) in [5, 5.41) is 9.07. The van der Waals surface area contributed by atoms with Crippen LogP contribution in [0.2, 0.25) is 0 Å². The van der Waals surface area contributed by atoms with Crippen molar-refractivity contribution in [1.82, 2.24) is 4.72 Å². The number of benzene rings is 1.